The van der Waals surface area contributed by atoms with Crippen LogP contribution in [0.3, 0.4) is 0 Å². The third-order valence-electron chi connectivity index (χ3n) is 13.4. The van der Waals surface area contributed by atoms with Crippen molar-refractivity contribution in [1.29, 1.82) is 0 Å². The van der Waals surface area contributed by atoms with Crippen molar-refractivity contribution in [3.63, 3.8) is 0 Å². The summed E-state index contributed by atoms with van der Waals surface area (Å²) in [4.78, 5) is 0. The largest absolute Gasteiger partial charge is 2.00 e. The summed E-state index contributed by atoms with van der Waals surface area (Å²) in [5.74, 6) is 7.31. The summed E-state index contributed by atoms with van der Waals surface area (Å²) in [7, 11) is 0. The smallest absolute Gasteiger partial charge is 0.493 e. The normalized spacial score (nSPS) is 12.0. The Morgan fingerprint density at radius 2 is 0.765 bits per heavy atom. The van der Waals surface area contributed by atoms with Crippen LogP contribution in [-0.2, 0) is 29.3 Å². The summed E-state index contributed by atoms with van der Waals surface area (Å²) < 4.78 is 1.51. The van der Waals surface area contributed by atoms with Crippen molar-refractivity contribution in [1.82, 2.24) is 0 Å². The molecule has 388 valence electrons. The van der Waals surface area contributed by atoms with Gasteiger partial charge in [-0.1, -0.05) is 264 Å². The average Bonchev–Trinajstić information content (AvgIpc) is 3.62. The van der Waals surface area contributed by atoms with Crippen molar-refractivity contribution in [3.8, 4) is 11.8 Å². The monoisotopic (exact) mass is 975 g/mol. The van der Waals surface area contributed by atoms with E-state index in [0.29, 0.717) is 0 Å². The van der Waals surface area contributed by atoms with Crippen LogP contribution in [-0.4, -0.2) is 4.70 Å². The van der Waals surface area contributed by atoms with Gasteiger partial charge in [0.2, 0.25) is 11.4 Å². The minimum Gasteiger partial charge on any atom is -0.493 e. The number of benzene rings is 2. The van der Waals surface area contributed by atoms with Gasteiger partial charge in [-0.3, -0.25) is 0 Å². The Morgan fingerprint density at radius 3 is 1.13 bits per heavy atom. The van der Waals surface area contributed by atoms with Crippen LogP contribution < -0.4 is 0 Å². The zero-order valence-corrected chi connectivity index (χ0v) is 46.8. The van der Waals surface area contributed by atoms with Crippen LogP contribution >= 0.6 is 0 Å². The Kier molecular flexibility index (Phi) is 46.5. The molecule has 0 amide bonds. The minimum atomic E-state index is 0. The third-order valence-corrected chi connectivity index (χ3v) is 13.4. The maximum atomic E-state index is 12.2. The first kappa shape index (κ1) is 65.6. The summed E-state index contributed by atoms with van der Waals surface area (Å²) in [6.45, 7) is 20.8. The molecule has 3 rings (SSSR count). The van der Waals surface area contributed by atoms with Crippen LogP contribution in [0, 0.1) is 25.7 Å². The topological polar surface area (TPSA) is 25.3 Å². The van der Waals surface area contributed by atoms with Gasteiger partial charge in [-0.2, -0.15) is 12.8 Å². The van der Waals surface area contributed by atoms with E-state index in [4.69, 9.17) is 0 Å². The van der Waals surface area contributed by atoms with Gasteiger partial charge in [0.1, 0.15) is 5.57 Å². The standard InChI is InChI=1S/C55H86N2.2C5H11.Ni/c1-5-9-13-16-17-18-19-20-21-22-23-24-25-26-27-28-29-30-31-32-35-45-53-52(44-12-8-4)54(50-42-36-40-48(46-50)38-33-14-10-6-2)57(56)55(53)51-43-37-41-49(47-51)39-34-15-11-7-3;2*1-3-5-4-2;/h36-37,40-43,46-47H,5-34,38-39,44H2,1-4H3;2*1,3-5H2,2H3;/q;2*-1;+2. The molecule has 0 aromatic heterocycles. The van der Waals surface area contributed by atoms with Crippen LogP contribution in [0.25, 0.3) is 16.9 Å². The quantitative estimate of drug-likeness (QED) is 0.0211. The van der Waals surface area contributed by atoms with E-state index in [1.165, 1.54) is 214 Å². The molecule has 2 nitrogen and oxygen atoms in total. The van der Waals surface area contributed by atoms with Gasteiger partial charge in [-0.05, 0) is 80.3 Å². The maximum Gasteiger partial charge on any atom is 2.00 e. The number of aryl methyl sites for hydroxylation is 2. The maximum absolute atomic E-state index is 12.2. The molecular formula is C65H108N2Ni. The van der Waals surface area contributed by atoms with E-state index in [1.807, 2.05) is 0 Å². The SMILES string of the molecule is CCCCCCCCCCCCCCCCCCCCCC#CC1=C(c2cccc(CCCCCC)c2)[N+](=[N-])C(c2cccc(CCCCCC)c2)=C1CCCC.[CH2-]CCCC.[CH2-]CCCC.[Ni+2]. The Labute approximate surface area is 435 Å². The van der Waals surface area contributed by atoms with Gasteiger partial charge in [0.15, 0.2) is 0 Å². The van der Waals surface area contributed by atoms with Crippen molar-refractivity contribution in [2.75, 3.05) is 0 Å². The van der Waals surface area contributed by atoms with E-state index < -0.39 is 0 Å². The zero-order valence-electron chi connectivity index (χ0n) is 45.8. The first-order chi connectivity index (χ1) is 33.0. The summed E-state index contributed by atoms with van der Waals surface area (Å²) in [6, 6.07) is 17.9. The summed E-state index contributed by atoms with van der Waals surface area (Å²) in [5, 5.41) is 0. The molecule has 1 aliphatic rings. The molecule has 2 aromatic carbocycles. The summed E-state index contributed by atoms with van der Waals surface area (Å²) >= 11 is 0. The van der Waals surface area contributed by atoms with E-state index in [9.17, 15) is 5.53 Å². The van der Waals surface area contributed by atoms with Gasteiger partial charge in [-0.15, -0.1) is 0 Å². The molecule has 0 saturated carbocycles. The minimum absolute atomic E-state index is 0. The van der Waals surface area contributed by atoms with Crippen LogP contribution in [0.4, 0.5) is 0 Å². The summed E-state index contributed by atoms with van der Waals surface area (Å²) in [5.41, 5.74) is 21.2. The van der Waals surface area contributed by atoms with Crippen LogP contribution in [0.2, 0.25) is 0 Å². The molecule has 0 bridgehead atoms. The van der Waals surface area contributed by atoms with Crippen LogP contribution in [0.5, 0.6) is 0 Å². The molecular weight excluding hydrogens is 867 g/mol. The fraction of sp³-hybridized carbons (Fsp3) is 0.692. The van der Waals surface area contributed by atoms with Gasteiger partial charge in [0.25, 0.3) is 0 Å². The third kappa shape index (κ3) is 31.7. The predicted octanol–water partition coefficient (Wildman–Crippen LogP) is 22.1. The molecule has 1 aliphatic heterocycles. The summed E-state index contributed by atoms with van der Waals surface area (Å²) in [6.07, 6.45) is 50.2. The molecule has 0 atom stereocenters. The molecule has 68 heavy (non-hydrogen) atoms. The number of rotatable bonds is 38. The molecule has 0 aliphatic carbocycles. The van der Waals surface area contributed by atoms with Crippen molar-refractivity contribution < 1.29 is 21.2 Å². The molecule has 3 heteroatoms. The van der Waals surface area contributed by atoms with Crippen molar-refractivity contribution >= 4 is 11.4 Å². The van der Waals surface area contributed by atoms with Crippen molar-refractivity contribution in [3.05, 3.63) is 101 Å². The second kappa shape index (κ2) is 48.2. The second-order valence-electron chi connectivity index (χ2n) is 19.8. The van der Waals surface area contributed by atoms with Crippen LogP contribution in [0.1, 0.15) is 301 Å². The Hall–Kier alpha value is -2.43. The van der Waals surface area contributed by atoms with Crippen LogP contribution in [0.15, 0.2) is 59.7 Å². The average molecular weight is 976 g/mol. The molecule has 0 radical (unpaired) electrons. The zero-order chi connectivity index (χ0) is 48.8. The van der Waals surface area contributed by atoms with Crippen molar-refractivity contribution in [2.24, 2.45) is 0 Å². The first-order valence-corrected chi connectivity index (χ1v) is 29.2. The van der Waals surface area contributed by atoms with Gasteiger partial charge in [0, 0.05) is 23.1 Å². The number of unbranched alkanes of at least 4 members (excludes halogenated alkanes) is 30. The Balaban J connectivity index is 0.00000368. The Morgan fingerprint density at radius 1 is 0.412 bits per heavy atom. The Bertz CT molecular complexity index is 1590. The van der Waals surface area contributed by atoms with E-state index >= 15 is 0 Å². The van der Waals surface area contributed by atoms with Crippen molar-refractivity contribution in [2.45, 2.75) is 292 Å². The molecule has 0 fully saturated rings. The van der Waals surface area contributed by atoms with E-state index in [1.54, 1.807) is 0 Å². The number of allylic oxidation sites excluding steroid dienone is 2. The molecule has 0 saturated heterocycles. The predicted molar refractivity (Wildman–Crippen MR) is 301 cm³/mol. The second-order valence-corrected chi connectivity index (χ2v) is 19.8. The fourth-order valence-electron chi connectivity index (χ4n) is 9.10. The molecule has 0 N–H and O–H groups in total. The van der Waals surface area contributed by atoms with Gasteiger partial charge in [-0.25, -0.2) is 4.70 Å². The first-order valence-electron chi connectivity index (χ1n) is 29.2. The van der Waals surface area contributed by atoms with Gasteiger partial charge >= 0.3 is 16.5 Å². The molecule has 1 heterocycles. The molecule has 0 unspecified atom stereocenters. The molecule has 0 spiro atoms. The van der Waals surface area contributed by atoms with E-state index in [0.717, 1.165) is 85.9 Å². The van der Waals surface area contributed by atoms with Gasteiger partial charge < -0.3 is 19.4 Å². The number of nitrogens with zero attached hydrogens (tertiary/aromatic N) is 2. The molecule has 2 aromatic rings. The number of hydrogen-bond donors (Lipinski definition) is 0. The number of hydrogen-bond acceptors (Lipinski definition) is 0. The fourth-order valence-corrected chi connectivity index (χ4v) is 9.10. The van der Waals surface area contributed by atoms with Gasteiger partial charge in [0.05, 0.1) is 0 Å². The van der Waals surface area contributed by atoms with E-state index in [-0.39, 0.29) is 16.5 Å². The van der Waals surface area contributed by atoms with E-state index in [2.05, 4.69) is 116 Å².